The number of carbonyl (C=O) groups is 3. The van der Waals surface area contributed by atoms with E-state index in [0.29, 0.717) is 0 Å². The molecule has 0 aliphatic rings. The van der Waals surface area contributed by atoms with Crippen molar-refractivity contribution in [2.24, 2.45) is 11.5 Å². The second kappa shape index (κ2) is 5.78. The van der Waals surface area contributed by atoms with E-state index < -0.39 is 17.7 Å². The molecule has 7 nitrogen and oxygen atoms in total. The molecular weight excluding hydrogens is 238 g/mol. The normalized spacial score (nSPS) is 9.83. The summed E-state index contributed by atoms with van der Waals surface area (Å²) in [6.07, 6.45) is 0. The quantitative estimate of drug-likeness (QED) is 0.614. The first kappa shape index (κ1) is 13.7. The number of benzene rings is 1. The molecule has 0 saturated carbocycles. The number of carbonyl (C=O) groups excluding carboxylic acids is 3. The number of nitrogens with one attached hydrogen (secondary N) is 1. The van der Waals surface area contributed by atoms with Crippen LogP contribution in [0.25, 0.3) is 0 Å². The van der Waals surface area contributed by atoms with Crippen molar-refractivity contribution in [2.75, 3.05) is 6.61 Å². The number of hydroxylamine groups is 1. The Labute approximate surface area is 103 Å². The van der Waals surface area contributed by atoms with E-state index in [1.165, 1.54) is 18.2 Å². The molecule has 7 heteroatoms. The van der Waals surface area contributed by atoms with Gasteiger partial charge in [-0.05, 0) is 19.1 Å². The van der Waals surface area contributed by atoms with Crippen LogP contribution in [0.1, 0.15) is 38.0 Å². The largest absolute Gasteiger partial charge is 0.366 e. The number of amides is 3. The van der Waals surface area contributed by atoms with Crippen LogP contribution < -0.4 is 16.9 Å². The third kappa shape index (κ3) is 2.83. The van der Waals surface area contributed by atoms with Gasteiger partial charge in [0.05, 0.1) is 23.3 Å². The highest BCUT2D eigenvalue weighted by atomic mass is 16.6. The lowest BCUT2D eigenvalue weighted by Crippen LogP contribution is -2.29. The van der Waals surface area contributed by atoms with E-state index in [4.69, 9.17) is 16.3 Å². The molecule has 1 rings (SSSR count). The predicted molar refractivity (Wildman–Crippen MR) is 62.6 cm³/mol. The van der Waals surface area contributed by atoms with Gasteiger partial charge in [0.1, 0.15) is 0 Å². The van der Waals surface area contributed by atoms with Gasteiger partial charge in [0.15, 0.2) is 0 Å². The van der Waals surface area contributed by atoms with Gasteiger partial charge in [0.25, 0.3) is 5.91 Å². The molecule has 0 heterocycles. The van der Waals surface area contributed by atoms with Gasteiger partial charge in [-0.1, -0.05) is 6.07 Å². The molecule has 0 radical (unpaired) electrons. The van der Waals surface area contributed by atoms with Gasteiger partial charge in [-0.25, -0.2) is 5.48 Å². The number of hydrogen-bond acceptors (Lipinski definition) is 4. The average Bonchev–Trinajstić information content (AvgIpc) is 2.34. The van der Waals surface area contributed by atoms with E-state index in [1.807, 2.05) is 0 Å². The summed E-state index contributed by atoms with van der Waals surface area (Å²) in [5, 5.41) is 0. The molecule has 0 saturated heterocycles. The second-order valence-corrected chi connectivity index (χ2v) is 3.32. The van der Waals surface area contributed by atoms with Gasteiger partial charge in [-0.3, -0.25) is 19.2 Å². The summed E-state index contributed by atoms with van der Waals surface area (Å²) in [7, 11) is 0. The maximum absolute atomic E-state index is 11.7. The summed E-state index contributed by atoms with van der Waals surface area (Å²) >= 11 is 0. The monoisotopic (exact) mass is 251 g/mol. The first-order valence-electron chi connectivity index (χ1n) is 5.13. The maximum atomic E-state index is 11.7. The predicted octanol–water partition coefficient (Wildman–Crippen LogP) is -0.434. The topological polar surface area (TPSA) is 125 Å². The molecule has 18 heavy (non-hydrogen) atoms. The lowest BCUT2D eigenvalue weighted by Gasteiger charge is -2.10. The second-order valence-electron chi connectivity index (χ2n) is 3.32. The fourth-order valence-electron chi connectivity index (χ4n) is 1.41. The van der Waals surface area contributed by atoms with Crippen molar-refractivity contribution in [2.45, 2.75) is 6.92 Å². The lowest BCUT2D eigenvalue weighted by molar-refractivity contribution is 0.0363. The van der Waals surface area contributed by atoms with Crippen LogP contribution >= 0.6 is 0 Å². The van der Waals surface area contributed by atoms with E-state index in [1.54, 1.807) is 6.92 Å². The Balaban J connectivity index is 3.27. The van der Waals surface area contributed by atoms with Crippen LogP contribution in [-0.4, -0.2) is 24.3 Å². The molecule has 0 aliphatic heterocycles. The van der Waals surface area contributed by atoms with E-state index in [-0.39, 0.29) is 23.3 Å². The minimum Gasteiger partial charge on any atom is -0.366 e. The molecule has 0 aliphatic carbocycles. The Hall–Kier alpha value is -2.41. The maximum Gasteiger partial charge on any atom is 0.275 e. The molecule has 0 unspecified atom stereocenters. The summed E-state index contributed by atoms with van der Waals surface area (Å²) in [6, 6.07) is 4.09. The fraction of sp³-hybridized carbons (Fsp3) is 0.182. The highest BCUT2D eigenvalue weighted by Gasteiger charge is 2.21. The zero-order valence-electron chi connectivity index (χ0n) is 9.73. The Kier molecular flexibility index (Phi) is 4.39. The Morgan fingerprint density at radius 1 is 1.17 bits per heavy atom. The third-order valence-electron chi connectivity index (χ3n) is 2.13. The molecule has 0 atom stereocenters. The van der Waals surface area contributed by atoms with E-state index >= 15 is 0 Å². The minimum atomic E-state index is -0.911. The van der Waals surface area contributed by atoms with Gasteiger partial charge < -0.3 is 11.5 Å². The average molecular weight is 251 g/mol. The first-order chi connectivity index (χ1) is 8.49. The number of nitrogens with two attached hydrogens (primary N) is 2. The first-order valence-corrected chi connectivity index (χ1v) is 5.13. The van der Waals surface area contributed by atoms with E-state index in [2.05, 4.69) is 5.48 Å². The molecular formula is C11H13N3O4. The van der Waals surface area contributed by atoms with Crippen LogP contribution in [0.5, 0.6) is 0 Å². The third-order valence-corrected chi connectivity index (χ3v) is 2.13. The van der Waals surface area contributed by atoms with Crippen molar-refractivity contribution in [1.82, 2.24) is 5.48 Å². The van der Waals surface area contributed by atoms with Gasteiger partial charge >= 0.3 is 0 Å². The van der Waals surface area contributed by atoms with Crippen molar-refractivity contribution in [1.29, 1.82) is 0 Å². The van der Waals surface area contributed by atoms with Crippen molar-refractivity contribution < 1.29 is 19.2 Å². The molecule has 0 bridgehead atoms. The SMILES string of the molecule is CCONC(=O)c1cccc(C(N)=O)c1C(N)=O. The Morgan fingerprint density at radius 2 is 1.78 bits per heavy atom. The molecule has 96 valence electrons. The zero-order chi connectivity index (χ0) is 13.7. The van der Waals surface area contributed by atoms with E-state index in [9.17, 15) is 14.4 Å². The Bertz CT molecular complexity index is 499. The van der Waals surface area contributed by atoms with Crippen molar-refractivity contribution in [3.63, 3.8) is 0 Å². The lowest BCUT2D eigenvalue weighted by atomic mass is 9.99. The molecule has 0 aromatic heterocycles. The van der Waals surface area contributed by atoms with Crippen molar-refractivity contribution in [3.05, 3.63) is 34.9 Å². The summed E-state index contributed by atoms with van der Waals surface area (Å²) < 4.78 is 0. The van der Waals surface area contributed by atoms with Crippen LogP contribution in [0, 0.1) is 0 Å². The highest BCUT2D eigenvalue weighted by Crippen LogP contribution is 2.14. The minimum absolute atomic E-state index is 0.0627. The Morgan fingerprint density at radius 3 is 2.28 bits per heavy atom. The molecule has 0 fully saturated rings. The van der Waals surface area contributed by atoms with Crippen LogP contribution in [-0.2, 0) is 4.84 Å². The standard InChI is InChI=1S/C11H13N3O4/c1-2-18-14-11(17)7-5-3-4-6(9(12)15)8(7)10(13)16/h3-5H,2H2,1H3,(H2,12,15)(H2,13,16)(H,14,17). The van der Waals surface area contributed by atoms with E-state index in [0.717, 1.165) is 0 Å². The number of primary amides is 2. The van der Waals surface area contributed by atoms with Crippen LogP contribution in [0.15, 0.2) is 18.2 Å². The van der Waals surface area contributed by atoms with Gasteiger partial charge in [0, 0.05) is 0 Å². The summed E-state index contributed by atoms with van der Waals surface area (Å²) in [4.78, 5) is 38.9. The number of hydrogen-bond donors (Lipinski definition) is 3. The molecule has 0 spiro atoms. The fourth-order valence-corrected chi connectivity index (χ4v) is 1.41. The summed E-state index contributed by atoms with van der Waals surface area (Å²) in [6.45, 7) is 1.93. The van der Waals surface area contributed by atoms with Crippen LogP contribution in [0.3, 0.4) is 0 Å². The van der Waals surface area contributed by atoms with Gasteiger partial charge in [-0.15, -0.1) is 0 Å². The van der Waals surface area contributed by atoms with Crippen molar-refractivity contribution >= 4 is 17.7 Å². The molecule has 1 aromatic carbocycles. The van der Waals surface area contributed by atoms with Crippen LogP contribution in [0.2, 0.25) is 0 Å². The van der Waals surface area contributed by atoms with Crippen LogP contribution in [0.4, 0.5) is 0 Å². The smallest absolute Gasteiger partial charge is 0.275 e. The number of rotatable bonds is 5. The van der Waals surface area contributed by atoms with Gasteiger partial charge in [0.2, 0.25) is 11.8 Å². The molecule has 1 aromatic rings. The van der Waals surface area contributed by atoms with Crippen molar-refractivity contribution in [3.8, 4) is 0 Å². The molecule has 5 N–H and O–H groups in total. The van der Waals surface area contributed by atoms with Gasteiger partial charge in [-0.2, -0.15) is 0 Å². The molecule has 3 amide bonds. The highest BCUT2D eigenvalue weighted by molar-refractivity contribution is 6.13. The summed E-state index contributed by atoms with van der Waals surface area (Å²) in [5.74, 6) is -2.42. The summed E-state index contributed by atoms with van der Waals surface area (Å²) in [5.41, 5.74) is 12.0. The zero-order valence-corrected chi connectivity index (χ0v) is 9.73.